The Morgan fingerprint density at radius 3 is 2.53 bits per heavy atom. The molecule has 0 aliphatic rings. The van der Waals surface area contributed by atoms with Crippen molar-refractivity contribution in [3.63, 3.8) is 0 Å². The normalized spacial score (nSPS) is 10.8. The second kappa shape index (κ2) is 7.17. The van der Waals surface area contributed by atoms with Crippen LogP contribution in [0.25, 0.3) is 0 Å². The minimum absolute atomic E-state index is 0.725. The van der Waals surface area contributed by atoms with Gasteiger partial charge in [-0.3, -0.25) is 0 Å². The van der Waals surface area contributed by atoms with Gasteiger partial charge in [-0.25, -0.2) is 0 Å². The Kier molecular flexibility index (Phi) is 5.84. The van der Waals surface area contributed by atoms with Crippen molar-refractivity contribution in [3.05, 3.63) is 23.8 Å². The van der Waals surface area contributed by atoms with Crippen LogP contribution in [0.1, 0.15) is 25.8 Å². The van der Waals surface area contributed by atoms with Gasteiger partial charge >= 0.3 is 0 Å². The zero-order chi connectivity index (χ0) is 12.7. The number of likely N-dealkylation sites (N-methyl/N-ethyl adjacent to an activating group) is 1. The van der Waals surface area contributed by atoms with Crippen molar-refractivity contribution in [2.24, 2.45) is 0 Å². The number of ether oxygens (including phenoxy) is 1. The van der Waals surface area contributed by atoms with Crippen LogP contribution < -0.4 is 10.5 Å². The molecule has 0 amide bonds. The van der Waals surface area contributed by atoms with Crippen molar-refractivity contribution in [2.45, 2.75) is 26.7 Å². The second-order valence-electron chi connectivity index (χ2n) is 4.26. The number of rotatable bonds is 7. The summed E-state index contributed by atoms with van der Waals surface area (Å²) in [5, 5.41) is 0. The van der Waals surface area contributed by atoms with E-state index < -0.39 is 0 Å². The first-order chi connectivity index (χ1) is 8.21. The molecule has 0 heterocycles. The molecule has 3 nitrogen and oxygen atoms in total. The van der Waals surface area contributed by atoms with E-state index >= 15 is 0 Å². The van der Waals surface area contributed by atoms with Crippen LogP contribution in [0.5, 0.6) is 5.75 Å². The standard InChI is InChI=1S/C14H24N2O/c1-4-9-16(5-2)10-8-12-6-7-14(17-3)13(15)11-12/h6-7,11H,4-5,8-10,15H2,1-3H3. The quantitative estimate of drug-likeness (QED) is 0.739. The molecule has 2 N–H and O–H groups in total. The first-order valence-electron chi connectivity index (χ1n) is 6.36. The van der Waals surface area contributed by atoms with E-state index in [-0.39, 0.29) is 0 Å². The predicted octanol–water partition coefficient (Wildman–Crippen LogP) is 2.55. The largest absolute Gasteiger partial charge is 0.495 e. The smallest absolute Gasteiger partial charge is 0.141 e. The summed E-state index contributed by atoms with van der Waals surface area (Å²) in [4.78, 5) is 2.46. The zero-order valence-corrected chi connectivity index (χ0v) is 11.2. The van der Waals surface area contributed by atoms with Gasteiger partial charge in [-0.2, -0.15) is 0 Å². The minimum Gasteiger partial charge on any atom is -0.495 e. The fourth-order valence-electron chi connectivity index (χ4n) is 1.97. The van der Waals surface area contributed by atoms with E-state index in [4.69, 9.17) is 10.5 Å². The van der Waals surface area contributed by atoms with E-state index in [1.54, 1.807) is 7.11 Å². The van der Waals surface area contributed by atoms with Crippen LogP contribution in [0.4, 0.5) is 5.69 Å². The molecule has 0 fully saturated rings. The third kappa shape index (κ3) is 4.27. The fourth-order valence-corrected chi connectivity index (χ4v) is 1.97. The molecule has 0 unspecified atom stereocenters. The van der Waals surface area contributed by atoms with E-state index in [9.17, 15) is 0 Å². The van der Waals surface area contributed by atoms with Gasteiger partial charge in [0.1, 0.15) is 5.75 Å². The highest BCUT2D eigenvalue weighted by molar-refractivity contribution is 5.54. The van der Waals surface area contributed by atoms with Crippen LogP contribution in [0.3, 0.4) is 0 Å². The molecule has 17 heavy (non-hydrogen) atoms. The van der Waals surface area contributed by atoms with E-state index in [1.165, 1.54) is 18.5 Å². The average molecular weight is 236 g/mol. The van der Waals surface area contributed by atoms with Gasteiger partial charge in [0.05, 0.1) is 12.8 Å². The van der Waals surface area contributed by atoms with Gasteiger partial charge in [-0.05, 0) is 43.6 Å². The van der Waals surface area contributed by atoms with Gasteiger partial charge in [0.15, 0.2) is 0 Å². The van der Waals surface area contributed by atoms with Crippen molar-refractivity contribution in [1.29, 1.82) is 0 Å². The molecule has 0 spiro atoms. The number of nitrogens with zero attached hydrogens (tertiary/aromatic N) is 1. The summed E-state index contributed by atoms with van der Waals surface area (Å²) in [5.74, 6) is 0.759. The Morgan fingerprint density at radius 2 is 2.00 bits per heavy atom. The van der Waals surface area contributed by atoms with E-state index in [2.05, 4.69) is 24.8 Å². The number of methoxy groups -OCH3 is 1. The van der Waals surface area contributed by atoms with Crippen LogP contribution in [0, 0.1) is 0 Å². The summed E-state index contributed by atoms with van der Waals surface area (Å²) in [6.07, 6.45) is 2.25. The van der Waals surface area contributed by atoms with Gasteiger partial charge in [-0.1, -0.05) is 19.9 Å². The van der Waals surface area contributed by atoms with Crippen LogP contribution in [0.15, 0.2) is 18.2 Å². The molecule has 3 heteroatoms. The molecule has 96 valence electrons. The highest BCUT2D eigenvalue weighted by Crippen LogP contribution is 2.22. The molecule has 0 aromatic heterocycles. The Morgan fingerprint density at radius 1 is 1.24 bits per heavy atom. The Balaban J connectivity index is 2.54. The van der Waals surface area contributed by atoms with Crippen LogP contribution >= 0.6 is 0 Å². The summed E-state index contributed by atoms with van der Waals surface area (Å²) in [6, 6.07) is 6.05. The summed E-state index contributed by atoms with van der Waals surface area (Å²) >= 11 is 0. The first kappa shape index (κ1) is 13.8. The molecule has 0 saturated carbocycles. The van der Waals surface area contributed by atoms with Gasteiger partial charge in [0.2, 0.25) is 0 Å². The van der Waals surface area contributed by atoms with Crippen molar-refractivity contribution in [2.75, 3.05) is 32.5 Å². The number of hydrogen-bond donors (Lipinski definition) is 1. The third-order valence-electron chi connectivity index (χ3n) is 3.00. The Hall–Kier alpha value is -1.22. The van der Waals surface area contributed by atoms with Gasteiger partial charge < -0.3 is 15.4 Å². The summed E-state index contributed by atoms with van der Waals surface area (Å²) in [6.45, 7) is 7.80. The van der Waals surface area contributed by atoms with Gasteiger partial charge in [0, 0.05) is 6.54 Å². The van der Waals surface area contributed by atoms with Crippen molar-refractivity contribution >= 4 is 5.69 Å². The zero-order valence-electron chi connectivity index (χ0n) is 11.2. The van der Waals surface area contributed by atoms with Crippen LogP contribution in [-0.4, -0.2) is 31.6 Å². The Labute approximate surface area is 105 Å². The first-order valence-corrected chi connectivity index (χ1v) is 6.36. The van der Waals surface area contributed by atoms with Gasteiger partial charge in [-0.15, -0.1) is 0 Å². The molecule has 1 rings (SSSR count). The highest BCUT2D eigenvalue weighted by atomic mass is 16.5. The van der Waals surface area contributed by atoms with Crippen molar-refractivity contribution in [1.82, 2.24) is 4.90 Å². The lowest BCUT2D eigenvalue weighted by molar-refractivity contribution is 0.292. The lowest BCUT2D eigenvalue weighted by Crippen LogP contribution is -2.26. The maximum absolute atomic E-state index is 5.89. The molecular weight excluding hydrogens is 212 g/mol. The Bertz CT molecular complexity index is 339. The monoisotopic (exact) mass is 236 g/mol. The fraction of sp³-hybridized carbons (Fsp3) is 0.571. The molecular formula is C14H24N2O. The van der Waals surface area contributed by atoms with E-state index in [1.807, 2.05) is 12.1 Å². The second-order valence-corrected chi connectivity index (χ2v) is 4.26. The van der Waals surface area contributed by atoms with Crippen molar-refractivity contribution in [3.8, 4) is 5.75 Å². The van der Waals surface area contributed by atoms with Crippen molar-refractivity contribution < 1.29 is 4.74 Å². The lowest BCUT2D eigenvalue weighted by Gasteiger charge is -2.19. The number of benzene rings is 1. The molecule has 0 atom stereocenters. The molecule has 1 aromatic rings. The molecule has 0 bridgehead atoms. The van der Waals surface area contributed by atoms with Crippen LogP contribution in [0.2, 0.25) is 0 Å². The van der Waals surface area contributed by atoms with E-state index in [0.29, 0.717) is 0 Å². The number of nitrogen functional groups attached to an aromatic ring is 1. The highest BCUT2D eigenvalue weighted by Gasteiger charge is 2.04. The maximum atomic E-state index is 5.89. The predicted molar refractivity (Wildman–Crippen MR) is 73.5 cm³/mol. The average Bonchev–Trinajstić information content (AvgIpc) is 2.34. The maximum Gasteiger partial charge on any atom is 0.141 e. The van der Waals surface area contributed by atoms with Crippen LogP contribution in [-0.2, 0) is 6.42 Å². The molecule has 0 aliphatic carbocycles. The SMILES string of the molecule is CCCN(CC)CCc1ccc(OC)c(N)c1. The molecule has 0 radical (unpaired) electrons. The number of anilines is 1. The molecule has 0 aliphatic heterocycles. The topological polar surface area (TPSA) is 38.5 Å². The van der Waals surface area contributed by atoms with Gasteiger partial charge in [0.25, 0.3) is 0 Å². The lowest BCUT2D eigenvalue weighted by atomic mass is 10.1. The molecule has 1 aromatic carbocycles. The van der Waals surface area contributed by atoms with E-state index in [0.717, 1.165) is 30.9 Å². The third-order valence-corrected chi connectivity index (χ3v) is 3.00. The number of hydrogen-bond acceptors (Lipinski definition) is 3. The summed E-state index contributed by atoms with van der Waals surface area (Å²) < 4.78 is 5.15. The minimum atomic E-state index is 0.725. The summed E-state index contributed by atoms with van der Waals surface area (Å²) in [7, 11) is 1.64. The molecule has 0 saturated heterocycles. The number of nitrogens with two attached hydrogens (primary N) is 1. The summed E-state index contributed by atoms with van der Waals surface area (Å²) in [5.41, 5.74) is 7.89.